The highest BCUT2D eigenvalue weighted by atomic mass is 32.2. The minimum atomic E-state index is -4.30. The van der Waals surface area contributed by atoms with Gasteiger partial charge in [0.25, 0.3) is 10.0 Å². The number of hydrogen-bond acceptors (Lipinski definition) is 9. The number of hydrogen-bond donors (Lipinski definition) is 2. The van der Waals surface area contributed by atoms with Crippen LogP contribution in [0.15, 0.2) is 72.4 Å². The molecule has 1 atom stereocenters. The zero-order valence-electron chi connectivity index (χ0n) is 24.5. The number of carboxylic acid groups (broad SMARTS) is 1. The Kier molecular flexibility index (Phi) is 10.4. The highest BCUT2D eigenvalue weighted by Gasteiger charge is 2.29. The number of likely N-dealkylation sites (tertiary alicyclic amines) is 1. The van der Waals surface area contributed by atoms with E-state index in [4.69, 9.17) is 4.74 Å². The number of rotatable bonds is 13. The van der Waals surface area contributed by atoms with Gasteiger partial charge in [-0.1, -0.05) is 18.7 Å². The summed E-state index contributed by atoms with van der Waals surface area (Å²) in [6.07, 6.45) is 3.74. The molecule has 0 spiro atoms. The molecule has 0 bridgehead atoms. The van der Waals surface area contributed by atoms with Gasteiger partial charge < -0.3 is 25.0 Å². The van der Waals surface area contributed by atoms with Gasteiger partial charge in [0, 0.05) is 38.8 Å². The van der Waals surface area contributed by atoms with E-state index in [0.717, 1.165) is 47.6 Å². The molecule has 4 rings (SSSR count). The first kappa shape index (κ1) is 32.2. The van der Waals surface area contributed by atoms with Crippen molar-refractivity contribution in [3.05, 3.63) is 78.9 Å². The van der Waals surface area contributed by atoms with E-state index in [-0.39, 0.29) is 28.8 Å². The quantitative estimate of drug-likeness (QED) is 0.278. The lowest BCUT2D eigenvalue weighted by Crippen LogP contribution is -2.34. The van der Waals surface area contributed by atoms with Crippen LogP contribution in [0.25, 0.3) is 0 Å². The van der Waals surface area contributed by atoms with Gasteiger partial charge in [-0.25, -0.2) is 31.7 Å². The molecule has 1 amide bonds. The van der Waals surface area contributed by atoms with Crippen LogP contribution in [0.4, 0.5) is 26.6 Å². The molecule has 1 aliphatic rings. The van der Waals surface area contributed by atoms with Crippen molar-refractivity contribution in [1.29, 1.82) is 0 Å². The molecule has 2 aromatic carbocycles. The third-order valence-corrected chi connectivity index (χ3v) is 8.85. The first-order valence-electron chi connectivity index (χ1n) is 14.2. The number of benzene rings is 2. The van der Waals surface area contributed by atoms with Crippen molar-refractivity contribution < 1.29 is 32.2 Å². The third kappa shape index (κ3) is 7.43. The Morgan fingerprint density at radius 1 is 1.11 bits per heavy atom. The number of carboxylic acids is 1. The summed E-state index contributed by atoms with van der Waals surface area (Å²) in [6.45, 7) is 9.83. The van der Waals surface area contributed by atoms with E-state index in [9.17, 15) is 27.5 Å². The number of nitrogens with one attached hydrogen (secondary N) is 1. The average Bonchev–Trinajstić information content (AvgIpc) is 3.55. The minimum Gasteiger partial charge on any atom is -0.480 e. The van der Waals surface area contributed by atoms with Crippen molar-refractivity contribution in [2.24, 2.45) is 0 Å². The number of nitrogens with zero attached hydrogens (tertiary/aromatic N) is 5. The standard InChI is InChI=1S/C30H35FN6O6S/c1-4-35(5-2)29-32-20-26(37(6-3)44(41,42)24-15-11-22(31)12-16-24)27(34-29)33-25(28(38)39)19-21-9-13-23(14-10-21)43-30(40)36-17-7-8-18-36/h6,9-16,20,25H,3-5,7-8,17-19H2,1-2H3,(H,38,39)(H,32,33,34)/t25-/m0/s1. The Labute approximate surface area is 255 Å². The Hall–Kier alpha value is -4.72. The molecule has 3 aromatic rings. The molecule has 2 heterocycles. The second-order valence-electron chi connectivity index (χ2n) is 9.96. The second-order valence-corrected chi connectivity index (χ2v) is 11.8. The van der Waals surface area contributed by atoms with Crippen LogP contribution in [0.1, 0.15) is 32.3 Å². The molecule has 0 radical (unpaired) electrons. The second kappa shape index (κ2) is 14.2. The first-order valence-corrected chi connectivity index (χ1v) is 15.6. The lowest BCUT2D eigenvalue weighted by molar-refractivity contribution is -0.137. The van der Waals surface area contributed by atoms with E-state index >= 15 is 0 Å². The van der Waals surface area contributed by atoms with Gasteiger partial charge in [0.1, 0.15) is 23.3 Å². The van der Waals surface area contributed by atoms with Crippen molar-refractivity contribution in [2.75, 3.05) is 40.7 Å². The first-order chi connectivity index (χ1) is 21.1. The lowest BCUT2D eigenvalue weighted by Gasteiger charge is -2.26. The summed E-state index contributed by atoms with van der Waals surface area (Å²) in [7, 11) is -4.30. The minimum absolute atomic E-state index is 0.0153. The zero-order chi connectivity index (χ0) is 31.9. The maximum absolute atomic E-state index is 13.5. The zero-order valence-corrected chi connectivity index (χ0v) is 25.3. The molecule has 12 nitrogen and oxygen atoms in total. The molecule has 1 aliphatic heterocycles. The molecular weight excluding hydrogens is 591 g/mol. The van der Waals surface area contributed by atoms with E-state index in [1.165, 1.54) is 6.20 Å². The lowest BCUT2D eigenvalue weighted by atomic mass is 10.1. The largest absolute Gasteiger partial charge is 0.480 e. The van der Waals surface area contributed by atoms with Crippen LogP contribution < -0.4 is 19.3 Å². The van der Waals surface area contributed by atoms with Crippen molar-refractivity contribution in [1.82, 2.24) is 14.9 Å². The van der Waals surface area contributed by atoms with E-state index in [1.54, 1.807) is 29.2 Å². The van der Waals surface area contributed by atoms with Crippen LogP contribution in [0.2, 0.25) is 0 Å². The highest BCUT2D eigenvalue weighted by Crippen LogP contribution is 2.32. The van der Waals surface area contributed by atoms with Crippen LogP contribution in [0.5, 0.6) is 5.75 Å². The van der Waals surface area contributed by atoms with Gasteiger partial charge >= 0.3 is 12.1 Å². The Bertz CT molecular complexity index is 1580. The number of aliphatic carboxylic acids is 1. The summed E-state index contributed by atoms with van der Waals surface area (Å²) >= 11 is 0. The summed E-state index contributed by atoms with van der Waals surface area (Å²) in [5.41, 5.74) is 0.542. The Balaban J connectivity index is 1.64. The molecule has 0 saturated carbocycles. The SMILES string of the molecule is C=CN(c1cnc(N(CC)CC)nc1N[C@@H](Cc1ccc(OC(=O)N2CCCC2)cc1)C(=O)O)S(=O)(=O)c1ccc(F)cc1. The smallest absolute Gasteiger partial charge is 0.415 e. The van der Waals surface area contributed by atoms with Gasteiger partial charge in [0.15, 0.2) is 5.82 Å². The monoisotopic (exact) mass is 626 g/mol. The van der Waals surface area contributed by atoms with E-state index in [2.05, 4.69) is 21.9 Å². The summed E-state index contributed by atoms with van der Waals surface area (Å²) in [5, 5.41) is 13.0. The van der Waals surface area contributed by atoms with Gasteiger partial charge in [0.2, 0.25) is 5.95 Å². The maximum Gasteiger partial charge on any atom is 0.415 e. The van der Waals surface area contributed by atoms with Crippen molar-refractivity contribution in [3.8, 4) is 5.75 Å². The van der Waals surface area contributed by atoms with E-state index in [1.807, 2.05) is 18.7 Å². The predicted molar refractivity (Wildman–Crippen MR) is 164 cm³/mol. The van der Waals surface area contributed by atoms with Crippen molar-refractivity contribution in [3.63, 3.8) is 0 Å². The molecule has 0 aliphatic carbocycles. The van der Waals surface area contributed by atoms with Crippen molar-refractivity contribution in [2.45, 2.75) is 44.0 Å². The van der Waals surface area contributed by atoms with Crippen LogP contribution in [-0.2, 0) is 21.2 Å². The number of ether oxygens (including phenoxy) is 1. The number of aromatic nitrogens is 2. The molecule has 234 valence electrons. The third-order valence-electron chi connectivity index (χ3n) is 7.12. The fourth-order valence-electron chi connectivity index (χ4n) is 4.70. The Morgan fingerprint density at radius 3 is 2.32 bits per heavy atom. The predicted octanol–water partition coefficient (Wildman–Crippen LogP) is 4.50. The van der Waals surface area contributed by atoms with Gasteiger partial charge in [0.05, 0.1) is 11.1 Å². The molecule has 2 N–H and O–H groups in total. The van der Waals surface area contributed by atoms with Gasteiger partial charge in [-0.15, -0.1) is 0 Å². The molecule has 1 aromatic heterocycles. The summed E-state index contributed by atoms with van der Waals surface area (Å²) < 4.78 is 46.9. The highest BCUT2D eigenvalue weighted by molar-refractivity contribution is 7.93. The fraction of sp³-hybridized carbons (Fsp3) is 0.333. The number of sulfonamides is 1. The molecular formula is C30H35FN6O6S. The maximum atomic E-state index is 13.5. The fourth-order valence-corrected chi connectivity index (χ4v) is 5.99. The number of carbonyl (C=O) groups is 2. The molecule has 14 heteroatoms. The van der Waals surface area contributed by atoms with E-state index < -0.39 is 33.9 Å². The number of carbonyl (C=O) groups excluding carboxylic acids is 1. The number of anilines is 3. The van der Waals surface area contributed by atoms with Crippen LogP contribution in [0.3, 0.4) is 0 Å². The molecule has 1 fully saturated rings. The van der Waals surface area contributed by atoms with Crippen LogP contribution in [-0.4, -0.2) is 72.7 Å². The van der Waals surface area contributed by atoms with Gasteiger partial charge in [-0.05, 0) is 68.7 Å². The van der Waals surface area contributed by atoms with E-state index in [0.29, 0.717) is 37.5 Å². The summed E-state index contributed by atoms with van der Waals surface area (Å²) in [5.74, 6) is -1.28. The normalized spacial score (nSPS) is 13.7. The number of halogens is 1. The summed E-state index contributed by atoms with van der Waals surface area (Å²) in [4.78, 5) is 36.8. The van der Waals surface area contributed by atoms with Gasteiger partial charge in [-0.3, -0.25) is 0 Å². The molecule has 1 saturated heterocycles. The topological polar surface area (TPSA) is 145 Å². The number of amides is 1. The summed E-state index contributed by atoms with van der Waals surface area (Å²) in [6, 6.07) is 9.52. The van der Waals surface area contributed by atoms with Crippen LogP contribution >= 0.6 is 0 Å². The van der Waals surface area contributed by atoms with Gasteiger partial charge in [-0.2, -0.15) is 4.98 Å². The average molecular weight is 627 g/mol. The van der Waals surface area contributed by atoms with Crippen LogP contribution in [0, 0.1) is 5.82 Å². The van der Waals surface area contributed by atoms with Crippen molar-refractivity contribution >= 4 is 39.5 Å². The Morgan fingerprint density at radius 2 is 1.75 bits per heavy atom. The molecule has 44 heavy (non-hydrogen) atoms. The molecule has 0 unspecified atom stereocenters.